The van der Waals surface area contributed by atoms with E-state index in [0.717, 1.165) is 27.6 Å². The van der Waals surface area contributed by atoms with E-state index in [0.29, 0.717) is 11.3 Å². The van der Waals surface area contributed by atoms with E-state index in [4.69, 9.17) is 4.74 Å². The molecule has 4 aliphatic rings. The molecule has 3 amide bonds. The van der Waals surface area contributed by atoms with Crippen molar-refractivity contribution in [1.29, 1.82) is 0 Å². The van der Waals surface area contributed by atoms with Gasteiger partial charge in [-0.05, 0) is 61.8 Å². The van der Waals surface area contributed by atoms with Crippen LogP contribution in [0.2, 0.25) is 0 Å². The Balaban J connectivity index is 1.19. The lowest BCUT2D eigenvalue weighted by Gasteiger charge is -2.48. The molecular weight excluding hydrogens is 526 g/mol. The Bertz CT molecular complexity index is 1400. The summed E-state index contributed by atoms with van der Waals surface area (Å²) in [6.45, 7) is 5.98. The van der Waals surface area contributed by atoms with Crippen LogP contribution in [-0.4, -0.2) is 52.0 Å². The Morgan fingerprint density at radius 3 is 2.45 bits per heavy atom. The lowest BCUT2D eigenvalue weighted by atomic mass is 9.62. The first-order chi connectivity index (χ1) is 18.2. The number of carbonyl (C=O) groups excluding carboxylic acids is 4. The molecular formula is C27H29N3O6S2. The number of likely N-dealkylation sites (tertiary alicyclic amines) is 1. The van der Waals surface area contributed by atoms with Crippen LogP contribution >= 0.6 is 23.1 Å². The molecule has 2 bridgehead atoms. The number of aromatic amines is 1. The fourth-order valence-electron chi connectivity index (χ4n) is 7.36. The fourth-order valence-corrected chi connectivity index (χ4v) is 10.6. The summed E-state index contributed by atoms with van der Waals surface area (Å²) in [5.74, 6) is -1.95. The van der Waals surface area contributed by atoms with E-state index in [1.165, 1.54) is 11.3 Å². The number of hydrogen-bond acceptors (Lipinski definition) is 8. The molecule has 9 nitrogen and oxygen atoms in total. The second-order valence-electron chi connectivity index (χ2n) is 10.8. The third kappa shape index (κ3) is 3.61. The number of rotatable bonds is 6. The first-order valence-electron chi connectivity index (χ1n) is 13.0. The number of imide groups is 1. The van der Waals surface area contributed by atoms with E-state index < -0.39 is 23.7 Å². The number of nitrogens with one attached hydrogen (secondary N) is 2. The van der Waals surface area contributed by atoms with Gasteiger partial charge in [-0.1, -0.05) is 25.2 Å². The highest BCUT2D eigenvalue weighted by atomic mass is 32.2. The maximum absolute atomic E-state index is 13.6. The highest BCUT2D eigenvalue weighted by Gasteiger charge is 2.71. The van der Waals surface area contributed by atoms with Crippen molar-refractivity contribution >= 4 is 52.5 Å². The standard InChI is InChI=1S/C27H29N3O6S2/c1-4-27(3)19-14-10-15(20(19)37-22-21(27)38-26(35)29-22)18-17(14)23(32)30(24(18)33)11-16(31)28-13-8-6-12(7-9-13)25(34)36-5-2/h6-9,14-15,17-20H,4-5,10-11H2,1-3H3,(H,28,31)(H,29,35)/t14-,15+,17-,18+,19+,20+,27+/m0/s1. The highest BCUT2D eigenvalue weighted by molar-refractivity contribution is 8.00. The maximum atomic E-state index is 13.6. The molecule has 38 heavy (non-hydrogen) atoms. The molecule has 2 saturated carbocycles. The number of H-pyrrole nitrogens is 1. The van der Waals surface area contributed by atoms with Crippen LogP contribution in [0.4, 0.5) is 5.69 Å². The molecule has 0 radical (unpaired) electrons. The number of hydrogen-bond donors (Lipinski definition) is 2. The molecule has 2 aliphatic carbocycles. The van der Waals surface area contributed by atoms with E-state index >= 15 is 0 Å². The molecule has 1 saturated heterocycles. The monoisotopic (exact) mass is 555 g/mol. The summed E-state index contributed by atoms with van der Waals surface area (Å²) in [5, 5.41) is 3.80. The van der Waals surface area contributed by atoms with Crippen LogP contribution < -0.4 is 10.2 Å². The van der Waals surface area contributed by atoms with Gasteiger partial charge in [0.15, 0.2) is 0 Å². The van der Waals surface area contributed by atoms with Gasteiger partial charge in [-0.15, -0.1) is 11.8 Å². The van der Waals surface area contributed by atoms with Crippen molar-refractivity contribution in [3.05, 3.63) is 44.4 Å². The van der Waals surface area contributed by atoms with Crippen LogP contribution in [0.3, 0.4) is 0 Å². The normalized spacial score (nSPS) is 32.7. The Morgan fingerprint density at radius 2 is 1.79 bits per heavy atom. The molecule has 2 aliphatic heterocycles. The van der Waals surface area contributed by atoms with Crippen molar-refractivity contribution in [3.8, 4) is 0 Å². The van der Waals surface area contributed by atoms with E-state index in [1.807, 2.05) is 0 Å². The SMILES string of the molecule is CCOC(=O)c1ccc(NC(=O)CN2C(=O)[C@@H]3[C@H]4C[C@@H]([C@@H]3C2=O)[C@@H]2[C@@H]4Sc3[nH]c(=O)sc3[C@]2(C)CC)cc1. The van der Waals surface area contributed by atoms with Crippen molar-refractivity contribution in [2.24, 2.45) is 29.6 Å². The second kappa shape index (κ2) is 9.08. The van der Waals surface area contributed by atoms with Gasteiger partial charge in [-0.3, -0.25) is 24.1 Å². The quantitative estimate of drug-likeness (QED) is 0.414. The van der Waals surface area contributed by atoms with Gasteiger partial charge in [0.1, 0.15) is 6.54 Å². The number of benzene rings is 1. The van der Waals surface area contributed by atoms with Crippen LogP contribution in [0.15, 0.2) is 34.1 Å². The molecule has 3 fully saturated rings. The van der Waals surface area contributed by atoms with E-state index in [2.05, 4.69) is 24.1 Å². The van der Waals surface area contributed by atoms with E-state index in [-0.39, 0.29) is 58.3 Å². The molecule has 2 aromatic rings. The zero-order valence-electron chi connectivity index (χ0n) is 21.3. The van der Waals surface area contributed by atoms with Crippen molar-refractivity contribution in [3.63, 3.8) is 0 Å². The molecule has 7 atom stereocenters. The summed E-state index contributed by atoms with van der Waals surface area (Å²) in [7, 11) is 0. The first kappa shape index (κ1) is 25.4. The summed E-state index contributed by atoms with van der Waals surface area (Å²) in [6, 6.07) is 6.28. The van der Waals surface area contributed by atoms with Crippen LogP contribution in [0.5, 0.6) is 0 Å². The van der Waals surface area contributed by atoms with Crippen LogP contribution in [-0.2, 0) is 24.5 Å². The number of amides is 3. The number of anilines is 1. The van der Waals surface area contributed by atoms with Gasteiger partial charge in [0, 0.05) is 21.2 Å². The third-order valence-electron chi connectivity index (χ3n) is 9.03. The molecule has 0 spiro atoms. The number of thioether (sulfide) groups is 1. The van der Waals surface area contributed by atoms with Crippen LogP contribution in [0.1, 0.15) is 48.8 Å². The Labute approximate surface area is 227 Å². The number of nitrogens with zero attached hydrogens (tertiary/aromatic N) is 1. The number of ether oxygens (including phenoxy) is 1. The summed E-state index contributed by atoms with van der Waals surface area (Å²) in [4.78, 5) is 69.1. The predicted molar refractivity (Wildman–Crippen MR) is 142 cm³/mol. The summed E-state index contributed by atoms with van der Waals surface area (Å²) >= 11 is 2.93. The van der Waals surface area contributed by atoms with Crippen molar-refractivity contribution in [2.45, 2.75) is 49.3 Å². The summed E-state index contributed by atoms with van der Waals surface area (Å²) in [6.07, 6.45) is 1.68. The highest BCUT2D eigenvalue weighted by Crippen LogP contribution is 2.69. The summed E-state index contributed by atoms with van der Waals surface area (Å²) in [5.41, 5.74) is 0.599. The lowest BCUT2D eigenvalue weighted by molar-refractivity contribution is -0.143. The molecule has 11 heteroatoms. The second-order valence-corrected chi connectivity index (χ2v) is 12.9. The number of fused-ring (bicyclic) bond motifs is 9. The molecule has 1 aromatic carbocycles. The van der Waals surface area contributed by atoms with Crippen molar-refractivity contribution in [1.82, 2.24) is 9.88 Å². The fraction of sp³-hybridized carbons (Fsp3) is 0.519. The molecule has 200 valence electrons. The number of esters is 1. The minimum absolute atomic E-state index is 0.0439. The molecule has 2 N–H and O–H groups in total. The largest absolute Gasteiger partial charge is 0.462 e. The number of thiazole rings is 1. The third-order valence-corrected chi connectivity index (χ3v) is 11.8. The average molecular weight is 556 g/mol. The Hall–Kier alpha value is -2.92. The van der Waals surface area contributed by atoms with E-state index in [9.17, 15) is 24.0 Å². The Kier molecular flexibility index (Phi) is 6.06. The van der Waals surface area contributed by atoms with Gasteiger partial charge < -0.3 is 15.0 Å². The number of carbonyl (C=O) groups is 4. The minimum Gasteiger partial charge on any atom is -0.462 e. The zero-order valence-corrected chi connectivity index (χ0v) is 22.9. The minimum atomic E-state index is -0.465. The molecule has 0 unspecified atom stereocenters. The van der Waals surface area contributed by atoms with Crippen LogP contribution in [0, 0.1) is 29.6 Å². The smallest absolute Gasteiger partial charge is 0.338 e. The van der Waals surface area contributed by atoms with Gasteiger partial charge in [0.2, 0.25) is 17.7 Å². The Morgan fingerprint density at radius 1 is 1.11 bits per heavy atom. The van der Waals surface area contributed by atoms with E-state index in [1.54, 1.807) is 43.0 Å². The van der Waals surface area contributed by atoms with Gasteiger partial charge in [0.05, 0.1) is 29.0 Å². The predicted octanol–water partition coefficient (Wildman–Crippen LogP) is 3.26. The van der Waals surface area contributed by atoms with Gasteiger partial charge >= 0.3 is 10.8 Å². The molecule has 6 rings (SSSR count). The van der Waals surface area contributed by atoms with Crippen molar-refractivity contribution in [2.75, 3.05) is 18.5 Å². The van der Waals surface area contributed by atoms with Crippen LogP contribution in [0.25, 0.3) is 0 Å². The molecule has 3 heterocycles. The summed E-state index contributed by atoms with van der Waals surface area (Å²) < 4.78 is 4.97. The topological polar surface area (TPSA) is 126 Å². The maximum Gasteiger partial charge on any atom is 0.338 e. The van der Waals surface area contributed by atoms with Gasteiger partial charge in [-0.25, -0.2) is 4.79 Å². The molecule has 1 aromatic heterocycles. The lowest BCUT2D eigenvalue weighted by Crippen LogP contribution is -2.49. The van der Waals surface area contributed by atoms with Crippen molar-refractivity contribution < 1.29 is 23.9 Å². The van der Waals surface area contributed by atoms with Gasteiger partial charge in [0.25, 0.3) is 0 Å². The number of aromatic nitrogens is 1. The zero-order chi connectivity index (χ0) is 26.9. The van der Waals surface area contributed by atoms with Gasteiger partial charge in [-0.2, -0.15) is 0 Å². The first-order valence-corrected chi connectivity index (χ1v) is 14.7. The average Bonchev–Trinajstić information content (AvgIpc) is 3.62.